The Morgan fingerprint density at radius 1 is 1.60 bits per heavy atom. The van der Waals surface area contributed by atoms with Gasteiger partial charge >= 0.3 is 0 Å². The first kappa shape index (κ1) is 9.99. The predicted molar refractivity (Wildman–Crippen MR) is 45.4 cm³/mol. The zero-order valence-corrected chi connectivity index (χ0v) is 7.14. The molecule has 0 aromatic rings. The minimum Gasteiger partial charge on any atom is -0.389 e. The molecular weight excluding hydrogens is 148 g/mol. The zero-order chi connectivity index (χ0) is 7.82. The first-order chi connectivity index (χ1) is 4.81. The Labute approximate surface area is 67.7 Å². The molecule has 1 unspecified atom stereocenters. The van der Waals surface area contributed by atoms with Crippen molar-refractivity contribution in [2.75, 3.05) is 5.88 Å². The monoisotopic (exact) mass is 162 g/mol. The highest BCUT2D eigenvalue weighted by molar-refractivity contribution is 6.17. The van der Waals surface area contributed by atoms with Crippen molar-refractivity contribution >= 4 is 11.6 Å². The van der Waals surface area contributed by atoms with Crippen LogP contribution in [0.5, 0.6) is 0 Å². The largest absolute Gasteiger partial charge is 0.389 e. The fourth-order valence-corrected chi connectivity index (χ4v) is 0.739. The molecule has 10 heavy (non-hydrogen) atoms. The van der Waals surface area contributed by atoms with Gasteiger partial charge in [0.25, 0.3) is 0 Å². The average molecular weight is 163 g/mol. The van der Waals surface area contributed by atoms with Gasteiger partial charge in [-0.25, -0.2) is 0 Å². The first-order valence-corrected chi connectivity index (χ1v) is 4.25. The summed E-state index contributed by atoms with van der Waals surface area (Å²) in [6.45, 7) is 1.95. The fraction of sp³-hybridized carbons (Fsp3) is 0.750. The lowest BCUT2D eigenvalue weighted by molar-refractivity contribution is 0.219. The van der Waals surface area contributed by atoms with E-state index in [2.05, 4.69) is 0 Å². The predicted octanol–water partition coefficient (Wildman–Crippen LogP) is 2.33. The number of allylic oxidation sites excluding steroid dienone is 1. The summed E-state index contributed by atoms with van der Waals surface area (Å²) in [5, 5.41) is 9.04. The van der Waals surface area contributed by atoms with Gasteiger partial charge in [-0.2, -0.15) is 0 Å². The lowest BCUT2D eigenvalue weighted by atomic mass is 10.2. The third-order valence-corrected chi connectivity index (χ3v) is 1.55. The summed E-state index contributed by atoms with van der Waals surface area (Å²) in [7, 11) is 0. The highest BCUT2D eigenvalue weighted by Gasteiger charge is 1.90. The van der Waals surface area contributed by atoms with Crippen molar-refractivity contribution in [3.63, 3.8) is 0 Å². The van der Waals surface area contributed by atoms with Gasteiger partial charge in [-0.3, -0.25) is 0 Å². The Morgan fingerprint density at radius 3 is 2.80 bits per heavy atom. The fourth-order valence-electron chi connectivity index (χ4n) is 0.584. The van der Waals surface area contributed by atoms with Gasteiger partial charge in [0, 0.05) is 5.88 Å². The second kappa shape index (κ2) is 7.10. The van der Waals surface area contributed by atoms with Gasteiger partial charge in [0.1, 0.15) is 0 Å². The number of hydrogen-bond donors (Lipinski definition) is 1. The number of unbranched alkanes of at least 4 members (excludes halogenated alkanes) is 1. The van der Waals surface area contributed by atoms with Crippen molar-refractivity contribution in [2.24, 2.45) is 0 Å². The van der Waals surface area contributed by atoms with Crippen LogP contribution < -0.4 is 0 Å². The van der Waals surface area contributed by atoms with E-state index in [4.69, 9.17) is 16.7 Å². The summed E-state index contributed by atoms with van der Waals surface area (Å²) in [6.07, 6.45) is 6.30. The van der Waals surface area contributed by atoms with Crippen LogP contribution in [0, 0.1) is 0 Å². The maximum atomic E-state index is 9.04. The summed E-state index contributed by atoms with van der Waals surface area (Å²) in [6, 6.07) is 0. The molecule has 0 fully saturated rings. The molecule has 0 aliphatic rings. The Bertz CT molecular complexity index is 91.3. The molecule has 0 spiro atoms. The Hall–Kier alpha value is -0.0100. The standard InChI is InChI=1S/C8H15ClO/c1-2-8(10)6-4-3-5-7-9/h4,6,8,10H,2-3,5,7H2,1H3/b6-4+. The number of halogens is 1. The molecule has 0 aromatic heterocycles. The van der Waals surface area contributed by atoms with Crippen LogP contribution in [0.2, 0.25) is 0 Å². The molecule has 0 rings (SSSR count). The van der Waals surface area contributed by atoms with Crippen molar-refractivity contribution in [1.82, 2.24) is 0 Å². The third-order valence-electron chi connectivity index (χ3n) is 1.28. The van der Waals surface area contributed by atoms with Crippen molar-refractivity contribution < 1.29 is 5.11 Å². The van der Waals surface area contributed by atoms with Crippen LogP contribution in [0.15, 0.2) is 12.2 Å². The number of alkyl halides is 1. The molecule has 0 radical (unpaired) electrons. The smallest absolute Gasteiger partial charge is 0.0718 e. The maximum absolute atomic E-state index is 9.04. The van der Waals surface area contributed by atoms with E-state index in [9.17, 15) is 0 Å². The lowest BCUT2D eigenvalue weighted by Crippen LogP contribution is -1.97. The van der Waals surface area contributed by atoms with Crippen LogP contribution in [-0.2, 0) is 0 Å². The van der Waals surface area contributed by atoms with E-state index in [0.29, 0.717) is 5.88 Å². The van der Waals surface area contributed by atoms with Crippen LogP contribution in [0.4, 0.5) is 0 Å². The zero-order valence-electron chi connectivity index (χ0n) is 6.39. The van der Waals surface area contributed by atoms with E-state index in [1.807, 2.05) is 19.1 Å². The van der Waals surface area contributed by atoms with Gasteiger partial charge in [0.05, 0.1) is 6.10 Å². The molecule has 0 bridgehead atoms. The van der Waals surface area contributed by atoms with E-state index >= 15 is 0 Å². The van der Waals surface area contributed by atoms with E-state index in [1.165, 1.54) is 0 Å². The van der Waals surface area contributed by atoms with E-state index < -0.39 is 0 Å². The third kappa shape index (κ3) is 6.12. The molecule has 0 saturated heterocycles. The van der Waals surface area contributed by atoms with Gasteiger partial charge < -0.3 is 5.11 Å². The highest BCUT2D eigenvalue weighted by atomic mass is 35.5. The van der Waals surface area contributed by atoms with E-state index in [1.54, 1.807) is 0 Å². The number of aliphatic hydroxyl groups is 1. The van der Waals surface area contributed by atoms with E-state index in [-0.39, 0.29) is 6.10 Å². The van der Waals surface area contributed by atoms with Gasteiger partial charge in [-0.15, -0.1) is 11.6 Å². The molecule has 60 valence electrons. The highest BCUT2D eigenvalue weighted by Crippen LogP contribution is 1.97. The molecule has 0 heterocycles. The summed E-state index contributed by atoms with van der Waals surface area (Å²) in [5.41, 5.74) is 0. The topological polar surface area (TPSA) is 20.2 Å². The number of hydrogen-bond acceptors (Lipinski definition) is 1. The molecule has 0 aliphatic carbocycles. The molecule has 1 atom stereocenters. The van der Waals surface area contributed by atoms with Gasteiger partial charge in [0.15, 0.2) is 0 Å². The van der Waals surface area contributed by atoms with Crippen LogP contribution in [0.25, 0.3) is 0 Å². The van der Waals surface area contributed by atoms with Gasteiger partial charge in [-0.05, 0) is 19.3 Å². The summed E-state index contributed by atoms with van der Waals surface area (Å²) in [5.74, 6) is 0.701. The number of aliphatic hydroxyl groups excluding tert-OH is 1. The minimum atomic E-state index is -0.268. The molecule has 0 aliphatic heterocycles. The molecule has 0 amide bonds. The quantitative estimate of drug-likeness (QED) is 0.374. The summed E-state index contributed by atoms with van der Waals surface area (Å²) >= 11 is 5.45. The van der Waals surface area contributed by atoms with Crippen LogP contribution in [-0.4, -0.2) is 17.1 Å². The molecule has 0 saturated carbocycles. The summed E-state index contributed by atoms with van der Waals surface area (Å²) < 4.78 is 0. The minimum absolute atomic E-state index is 0.268. The van der Waals surface area contributed by atoms with E-state index in [0.717, 1.165) is 19.3 Å². The molecular formula is C8H15ClO. The first-order valence-electron chi connectivity index (χ1n) is 3.72. The molecule has 2 heteroatoms. The lowest BCUT2D eigenvalue weighted by Gasteiger charge is -1.97. The summed E-state index contributed by atoms with van der Waals surface area (Å²) in [4.78, 5) is 0. The van der Waals surface area contributed by atoms with Crippen molar-refractivity contribution in [2.45, 2.75) is 32.3 Å². The Balaban J connectivity index is 3.18. The second-order valence-electron chi connectivity index (χ2n) is 2.23. The Kier molecular flexibility index (Phi) is 7.09. The maximum Gasteiger partial charge on any atom is 0.0718 e. The second-order valence-corrected chi connectivity index (χ2v) is 2.61. The molecule has 0 aromatic carbocycles. The SMILES string of the molecule is CCC(O)/C=C/CCCCl. The van der Waals surface area contributed by atoms with Crippen molar-refractivity contribution in [3.8, 4) is 0 Å². The van der Waals surface area contributed by atoms with Gasteiger partial charge in [-0.1, -0.05) is 19.1 Å². The average Bonchev–Trinajstić information content (AvgIpc) is 1.98. The molecule has 1 N–H and O–H groups in total. The normalized spacial score (nSPS) is 14.3. The molecule has 1 nitrogen and oxygen atoms in total. The van der Waals surface area contributed by atoms with Gasteiger partial charge in [0.2, 0.25) is 0 Å². The Morgan fingerprint density at radius 2 is 2.30 bits per heavy atom. The van der Waals surface area contributed by atoms with Crippen molar-refractivity contribution in [1.29, 1.82) is 0 Å². The van der Waals surface area contributed by atoms with Crippen LogP contribution >= 0.6 is 11.6 Å². The van der Waals surface area contributed by atoms with Crippen molar-refractivity contribution in [3.05, 3.63) is 12.2 Å². The van der Waals surface area contributed by atoms with Crippen LogP contribution in [0.1, 0.15) is 26.2 Å². The van der Waals surface area contributed by atoms with Crippen LogP contribution in [0.3, 0.4) is 0 Å². The number of rotatable bonds is 5.